The van der Waals surface area contributed by atoms with Crippen LogP contribution in [0.1, 0.15) is 84.8 Å². The van der Waals surface area contributed by atoms with Gasteiger partial charge in [-0.05, 0) is 75.0 Å². The fourth-order valence-corrected chi connectivity index (χ4v) is 5.54. The summed E-state index contributed by atoms with van der Waals surface area (Å²) < 4.78 is 0. The van der Waals surface area contributed by atoms with E-state index < -0.39 is 0 Å². The van der Waals surface area contributed by atoms with Gasteiger partial charge < -0.3 is 9.88 Å². The summed E-state index contributed by atoms with van der Waals surface area (Å²) in [7, 11) is 0. The molecule has 4 nitrogen and oxygen atoms in total. The van der Waals surface area contributed by atoms with E-state index in [1.54, 1.807) is 6.07 Å². The van der Waals surface area contributed by atoms with Crippen molar-refractivity contribution in [3.63, 3.8) is 0 Å². The minimum Gasteiger partial charge on any atom is -0.357 e. The number of piperidine rings is 1. The number of aromatic amines is 1. The smallest absolute Gasteiger partial charge is 0.195 e. The van der Waals surface area contributed by atoms with Crippen molar-refractivity contribution in [1.29, 1.82) is 5.26 Å². The molecule has 0 radical (unpaired) electrons. The lowest BCUT2D eigenvalue weighted by molar-refractivity contribution is 0.103. The zero-order valence-corrected chi connectivity index (χ0v) is 18.7. The third kappa shape index (κ3) is 3.03. The van der Waals surface area contributed by atoms with Gasteiger partial charge in [-0.15, -0.1) is 0 Å². The second kappa shape index (κ2) is 7.07. The Balaban J connectivity index is 1.57. The van der Waals surface area contributed by atoms with Gasteiger partial charge in [0, 0.05) is 33.6 Å². The maximum absolute atomic E-state index is 13.7. The predicted octanol–water partition coefficient (Wildman–Crippen LogP) is 5.50. The lowest BCUT2D eigenvalue weighted by Gasteiger charge is -2.36. The summed E-state index contributed by atoms with van der Waals surface area (Å²) in [6, 6.07) is 14.9. The van der Waals surface area contributed by atoms with Crippen LogP contribution in [0.2, 0.25) is 0 Å². The van der Waals surface area contributed by atoms with Gasteiger partial charge in [-0.25, -0.2) is 0 Å². The molecule has 1 aromatic heterocycles. The summed E-state index contributed by atoms with van der Waals surface area (Å²) in [5, 5.41) is 10.2. The molecule has 0 saturated carbocycles. The Hall–Kier alpha value is -2.90. The molecule has 0 spiro atoms. The molecule has 2 aliphatic rings. The average Bonchev–Trinajstić information content (AvgIpc) is 3.17. The van der Waals surface area contributed by atoms with Gasteiger partial charge in [0.2, 0.25) is 0 Å². The van der Waals surface area contributed by atoms with E-state index in [-0.39, 0.29) is 11.2 Å². The molecular formula is C27H29N3O. The van der Waals surface area contributed by atoms with Crippen LogP contribution in [-0.2, 0) is 5.41 Å². The molecule has 0 unspecified atom stereocenters. The highest BCUT2D eigenvalue weighted by molar-refractivity contribution is 6.20. The van der Waals surface area contributed by atoms with Crippen LogP contribution in [0.15, 0.2) is 36.4 Å². The maximum Gasteiger partial charge on any atom is 0.195 e. The first-order valence-corrected chi connectivity index (χ1v) is 11.3. The minimum atomic E-state index is -0.302. The second-order valence-corrected chi connectivity index (χ2v) is 9.91. The number of nitrogens with one attached hydrogen (secondary N) is 1. The number of H-pyrrole nitrogens is 1. The van der Waals surface area contributed by atoms with Gasteiger partial charge in [0.25, 0.3) is 0 Å². The number of likely N-dealkylation sites (tertiary alicyclic amines) is 1. The fraction of sp³-hybridized carbons (Fsp3) is 0.407. The van der Waals surface area contributed by atoms with Crippen LogP contribution in [0.25, 0.3) is 10.9 Å². The molecule has 1 aliphatic carbocycles. The Morgan fingerprint density at radius 1 is 1.13 bits per heavy atom. The van der Waals surface area contributed by atoms with Crippen LogP contribution in [0, 0.1) is 11.3 Å². The molecule has 1 fully saturated rings. The van der Waals surface area contributed by atoms with E-state index in [0.29, 0.717) is 17.5 Å². The van der Waals surface area contributed by atoms with Crippen LogP contribution in [0.5, 0.6) is 0 Å². The molecule has 0 atom stereocenters. The monoisotopic (exact) mass is 411 g/mol. The third-order valence-corrected chi connectivity index (χ3v) is 7.47. The van der Waals surface area contributed by atoms with Gasteiger partial charge in [0.05, 0.1) is 17.2 Å². The predicted molar refractivity (Wildman–Crippen MR) is 124 cm³/mol. The number of aromatic nitrogens is 1. The number of rotatable bonds is 2. The van der Waals surface area contributed by atoms with E-state index in [0.717, 1.165) is 59.2 Å². The highest BCUT2D eigenvalue weighted by Gasteiger charge is 2.40. The van der Waals surface area contributed by atoms with Crippen LogP contribution >= 0.6 is 0 Å². The van der Waals surface area contributed by atoms with Gasteiger partial charge >= 0.3 is 0 Å². The van der Waals surface area contributed by atoms with E-state index in [4.69, 9.17) is 0 Å². The van der Waals surface area contributed by atoms with E-state index in [9.17, 15) is 10.1 Å². The summed E-state index contributed by atoms with van der Waals surface area (Å²) in [5.41, 5.74) is 6.10. The first-order valence-electron chi connectivity index (χ1n) is 11.3. The quantitative estimate of drug-likeness (QED) is 0.606. The number of hydrogen-bond acceptors (Lipinski definition) is 3. The van der Waals surface area contributed by atoms with Crippen LogP contribution in [0.4, 0.5) is 0 Å². The van der Waals surface area contributed by atoms with E-state index in [2.05, 4.69) is 61.8 Å². The Kier molecular flexibility index (Phi) is 4.57. The summed E-state index contributed by atoms with van der Waals surface area (Å²) in [4.78, 5) is 19.7. The molecule has 5 rings (SSSR count). The summed E-state index contributed by atoms with van der Waals surface area (Å²) >= 11 is 0. The lowest BCUT2D eigenvalue weighted by atomic mass is 9.70. The lowest BCUT2D eigenvalue weighted by Crippen LogP contribution is -2.38. The van der Waals surface area contributed by atoms with Crippen molar-refractivity contribution in [2.75, 3.05) is 13.1 Å². The van der Waals surface area contributed by atoms with Crippen molar-refractivity contribution in [2.45, 2.75) is 57.9 Å². The maximum atomic E-state index is 13.7. The largest absolute Gasteiger partial charge is 0.357 e. The Labute approximate surface area is 183 Å². The van der Waals surface area contributed by atoms with E-state index in [1.807, 2.05) is 12.1 Å². The third-order valence-electron chi connectivity index (χ3n) is 7.47. The molecule has 0 amide bonds. The summed E-state index contributed by atoms with van der Waals surface area (Å²) in [5.74, 6) is 0.612. The molecule has 4 heteroatoms. The number of carbonyl (C=O) groups excluding carboxylic acids is 1. The molecule has 1 N–H and O–H groups in total. The summed E-state index contributed by atoms with van der Waals surface area (Å²) in [6.07, 6.45) is 2.29. The number of ketones is 1. The molecule has 1 aliphatic heterocycles. The Morgan fingerprint density at radius 3 is 2.55 bits per heavy atom. The van der Waals surface area contributed by atoms with E-state index >= 15 is 0 Å². The number of fused-ring (bicyclic) bond motifs is 4. The highest BCUT2D eigenvalue weighted by atomic mass is 16.1. The molecule has 1 saturated heterocycles. The van der Waals surface area contributed by atoms with Crippen LogP contribution in [-0.4, -0.2) is 34.8 Å². The normalized spacial score (nSPS) is 18.8. The Morgan fingerprint density at radius 2 is 1.87 bits per heavy atom. The number of hydrogen-bond donors (Lipinski definition) is 1. The van der Waals surface area contributed by atoms with Crippen molar-refractivity contribution in [3.8, 4) is 6.07 Å². The van der Waals surface area contributed by atoms with Gasteiger partial charge in [-0.2, -0.15) is 5.26 Å². The number of nitriles is 1. The number of nitrogens with zero attached hydrogens (tertiary/aromatic N) is 2. The average molecular weight is 412 g/mol. The molecular weight excluding hydrogens is 382 g/mol. The van der Waals surface area contributed by atoms with Crippen LogP contribution in [0.3, 0.4) is 0 Å². The molecule has 3 aromatic rings. The van der Waals surface area contributed by atoms with Gasteiger partial charge in [0.1, 0.15) is 0 Å². The topological polar surface area (TPSA) is 59.9 Å². The zero-order chi connectivity index (χ0) is 21.9. The molecule has 2 heterocycles. The highest BCUT2D eigenvalue weighted by Crippen LogP contribution is 2.44. The number of carbonyl (C=O) groups is 1. The zero-order valence-electron chi connectivity index (χ0n) is 18.7. The van der Waals surface area contributed by atoms with Crippen molar-refractivity contribution in [2.24, 2.45) is 0 Å². The van der Waals surface area contributed by atoms with Gasteiger partial charge in [-0.3, -0.25) is 4.79 Å². The van der Waals surface area contributed by atoms with Crippen molar-refractivity contribution in [3.05, 3.63) is 69.9 Å². The first-order chi connectivity index (χ1) is 14.8. The van der Waals surface area contributed by atoms with Crippen LogP contribution < -0.4 is 0 Å². The fourth-order valence-electron chi connectivity index (χ4n) is 5.54. The minimum absolute atomic E-state index is 0.0988. The van der Waals surface area contributed by atoms with Crippen molar-refractivity contribution in [1.82, 2.24) is 9.88 Å². The Bertz CT molecular complexity index is 1230. The standard InChI is InChI=1S/C27H29N3O/c1-16(2)30-11-9-18(10-12-30)19-6-8-22-21(14-19)25(31)24-20-7-5-17(15-28)13-23(20)29-26(24)27(22,3)4/h5-8,13-14,16,18,29H,9-12H2,1-4H3. The number of benzene rings is 2. The van der Waals surface area contributed by atoms with E-state index in [1.165, 1.54) is 5.56 Å². The molecule has 0 bridgehead atoms. The summed E-state index contributed by atoms with van der Waals surface area (Å²) in [6.45, 7) is 11.1. The van der Waals surface area contributed by atoms with Gasteiger partial charge in [0.15, 0.2) is 5.78 Å². The molecule has 2 aromatic carbocycles. The molecule has 31 heavy (non-hydrogen) atoms. The van der Waals surface area contributed by atoms with Gasteiger partial charge in [-0.1, -0.05) is 32.0 Å². The SMILES string of the molecule is CC(C)N1CCC(c2ccc3c(c2)C(=O)c2c([nH]c4cc(C#N)ccc24)C3(C)C)CC1. The first kappa shape index (κ1) is 20.0. The van der Waals surface area contributed by atoms with Crippen molar-refractivity contribution >= 4 is 16.7 Å². The molecule has 158 valence electrons. The second-order valence-electron chi connectivity index (χ2n) is 9.91. The van der Waals surface area contributed by atoms with Crippen molar-refractivity contribution < 1.29 is 4.79 Å².